The van der Waals surface area contributed by atoms with E-state index in [4.69, 9.17) is 0 Å². The van der Waals surface area contributed by atoms with Gasteiger partial charge >= 0.3 is 0 Å². The lowest BCUT2D eigenvalue weighted by molar-refractivity contribution is 0.590. The predicted octanol–water partition coefficient (Wildman–Crippen LogP) is 18.1. The topological polar surface area (TPSA) is 9.72 Å². The first-order valence-electron chi connectivity index (χ1n) is 26.5. The van der Waals surface area contributed by atoms with Gasteiger partial charge in [0.25, 0.3) is 6.71 Å². The van der Waals surface area contributed by atoms with Crippen LogP contribution >= 0.6 is 11.3 Å². The minimum atomic E-state index is -0.0737. The lowest BCUT2D eigenvalue weighted by Gasteiger charge is -2.45. The van der Waals surface area contributed by atoms with E-state index >= 15 is 0 Å². The summed E-state index contributed by atoms with van der Waals surface area (Å²) in [5.41, 5.74) is 21.3. The molecule has 8 aromatic carbocycles. The highest BCUT2D eigenvalue weighted by Crippen LogP contribution is 2.53. The van der Waals surface area contributed by atoms with E-state index in [1.165, 1.54) is 98.5 Å². The predicted molar refractivity (Wildman–Crippen MR) is 322 cm³/mol. The molecule has 0 spiro atoms. The van der Waals surface area contributed by atoms with Crippen molar-refractivity contribution in [3.8, 4) is 0 Å². The van der Waals surface area contributed by atoms with Gasteiger partial charge in [-0.1, -0.05) is 189 Å². The van der Waals surface area contributed by atoms with E-state index in [2.05, 4.69) is 282 Å². The number of hydrogen-bond acceptors (Lipinski definition) is 4. The largest absolute Gasteiger partial charge is 0.311 e. The van der Waals surface area contributed by atoms with E-state index in [0.29, 0.717) is 0 Å². The Hall–Kier alpha value is -6.56. The Balaban J connectivity index is 1.28. The second-order valence-electron chi connectivity index (χ2n) is 26.0. The van der Waals surface area contributed by atoms with Gasteiger partial charge in [0, 0.05) is 55.3 Å². The third-order valence-corrected chi connectivity index (χ3v) is 16.8. The van der Waals surface area contributed by atoms with Crippen molar-refractivity contribution < 1.29 is 0 Å². The zero-order valence-electron chi connectivity index (χ0n) is 45.9. The molecule has 0 N–H and O–H groups in total. The number of anilines is 9. The molecule has 0 unspecified atom stereocenters. The quantitative estimate of drug-likeness (QED) is 0.159. The van der Waals surface area contributed by atoms with Crippen molar-refractivity contribution in [3.63, 3.8) is 0 Å². The van der Waals surface area contributed by atoms with Crippen molar-refractivity contribution in [3.05, 3.63) is 192 Å². The Bertz CT molecular complexity index is 3510. The number of fused-ring (bicyclic) bond motifs is 8. The van der Waals surface area contributed by atoms with Crippen LogP contribution in [-0.2, 0) is 27.1 Å². The van der Waals surface area contributed by atoms with Crippen LogP contribution in [0.2, 0.25) is 0 Å². The monoisotopic (exact) mass is 974 g/mol. The molecule has 0 saturated carbocycles. The first kappa shape index (κ1) is 48.7. The number of thiophene rings is 1. The molecule has 2 aliphatic rings. The average molecular weight is 974 g/mol. The van der Waals surface area contributed by atoms with Gasteiger partial charge in [-0.05, 0) is 150 Å². The van der Waals surface area contributed by atoms with Gasteiger partial charge in [0.2, 0.25) is 0 Å². The summed E-state index contributed by atoms with van der Waals surface area (Å²) in [5.74, 6) is 0. The molecule has 0 fully saturated rings. The molecule has 0 bridgehead atoms. The van der Waals surface area contributed by atoms with Crippen LogP contribution in [0, 0.1) is 0 Å². The fourth-order valence-corrected chi connectivity index (χ4v) is 12.6. The zero-order chi connectivity index (χ0) is 51.7. The summed E-state index contributed by atoms with van der Waals surface area (Å²) in [5, 5.41) is 2.55. The molecule has 3 nitrogen and oxygen atoms in total. The Kier molecular flexibility index (Phi) is 11.3. The van der Waals surface area contributed by atoms with Crippen molar-refractivity contribution in [2.24, 2.45) is 0 Å². The number of benzene rings is 8. The van der Waals surface area contributed by atoms with Crippen LogP contribution in [-0.4, -0.2) is 6.71 Å². The second-order valence-corrected chi connectivity index (χ2v) is 27.0. The molecule has 9 aromatic rings. The zero-order valence-corrected chi connectivity index (χ0v) is 46.7. The fraction of sp³-hybridized carbons (Fsp3) is 0.294. The van der Waals surface area contributed by atoms with Crippen LogP contribution in [0.3, 0.4) is 0 Å². The molecule has 0 atom stereocenters. The Morgan fingerprint density at radius 3 is 1.33 bits per heavy atom. The lowest BCUT2D eigenvalue weighted by atomic mass is 9.33. The van der Waals surface area contributed by atoms with Crippen molar-refractivity contribution in [2.75, 3.05) is 14.7 Å². The molecule has 73 heavy (non-hydrogen) atoms. The second kappa shape index (κ2) is 17.0. The first-order valence-corrected chi connectivity index (χ1v) is 27.3. The normalized spacial score (nSPS) is 13.9. The van der Waals surface area contributed by atoms with Gasteiger partial charge in [-0.25, -0.2) is 0 Å². The number of rotatable bonds is 5. The minimum absolute atomic E-state index is 0.0140. The van der Waals surface area contributed by atoms with Crippen molar-refractivity contribution in [2.45, 2.75) is 131 Å². The molecular formula is C68H72BN3S. The molecule has 5 heteroatoms. The van der Waals surface area contributed by atoms with Gasteiger partial charge in [-0.15, -0.1) is 11.3 Å². The van der Waals surface area contributed by atoms with Gasteiger partial charge in [-0.2, -0.15) is 0 Å². The summed E-state index contributed by atoms with van der Waals surface area (Å²) < 4.78 is 2.57. The molecule has 1 aromatic heterocycles. The maximum Gasteiger partial charge on any atom is 0.252 e. The molecule has 2 aliphatic heterocycles. The summed E-state index contributed by atoms with van der Waals surface area (Å²) >= 11 is 1.94. The van der Waals surface area contributed by atoms with E-state index in [9.17, 15) is 0 Å². The number of nitrogens with zero attached hydrogens (tertiary/aromatic N) is 3. The Labute approximate surface area is 440 Å². The summed E-state index contributed by atoms with van der Waals surface area (Å²) in [6, 6.07) is 63.6. The van der Waals surface area contributed by atoms with E-state index < -0.39 is 0 Å². The molecule has 0 radical (unpaired) electrons. The van der Waals surface area contributed by atoms with Gasteiger partial charge in [0.05, 0.1) is 16.1 Å². The van der Waals surface area contributed by atoms with Crippen LogP contribution in [0.1, 0.15) is 132 Å². The SMILES string of the molecule is CC(C)(C)c1ccc(N2c3ccc(C(C)(C)C)cc3B3c4cc(N(c5ccc(C(C)(C)C)cc5)c5ccc(C(C)(C)C)cc5)c5c(sc6ccccc65)c4N(c4ccc(C(C)(C)C)cc4)c4cccc2c43)cc1. The minimum Gasteiger partial charge on any atom is -0.311 e. The highest BCUT2D eigenvalue weighted by molar-refractivity contribution is 7.27. The standard InChI is InChI=1S/C68H72BN3S/c1-64(2,3)43-23-32-48(33-24-43)70(49-34-25-44(26-35-49)65(4,5)6)58-42-54-62(63-60(58)52-19-16-17-22-59(52)73-63)72(51-38-29-46(30-39-51)67(10,11)12)57-21-18-20-56-61(57)69(54)53-41-47(68(13,14)15)31-40-55(53)71(56)50-36-27-45(28-37-50)66(7,8)9/h16-42H,1-15H3. The van der Waals surface area contributed by atoms with Crippen molar-refractivity contribution >= 4 is 106 Å². The van der Waals surface area contributed by atoms with E-state index in [0.717, 1.165) is 17.1 Å². The van der Waals surface area contributed by atoms with E-state index in [1.54, 1.807) is 0 Å². The van der Waals surface area contributed by atoms with Crippen LogP contribution in [0.15, 0.2) is 164 Å². The molecule has 3 heterocycles. The van der Waals surface area contributed by atoms with Crippen LogP contribution in [0.5, 0.6) is 0 Å². The van der Waals surface area contributed by atoms with Crippen molar-refractivity contribution in [1.29, 1.82) is 0 Å². The maximum absolute atomic E-state index is 2.62. The molecule has 368 valence electrons. The summed E-state index contributed by atoms with van der Waals surface area (Å²) in [6.07, 6.45) is 0. The molecule has 0 aliphatic carbocycles. The first-order chi connectivity index (χ1) is 34.4. The van der Waals surface area contributed by atoms with Crippen LogP contribution < -0.4 is 31.1 Å². The maximum atomic E-state index is 2.62. The highest BCUT2D eigenvalue weighted by Gasteiger charge is 2.45. The van der Waals surface area contributed by atoms with E-state index in [-0.39, 0.29) is 33.8 Å². The third-order valence-electron chi connectivity index (χ3n) is 15.7. The van der Waals surface area contributed by atoms with E-state index in [1.807, 2.05) is 11.3 Å². The fourth-order valence-electron chi connectivity index (χ4n) is 11.3. The lowest BCUT2D eigenvalue weighted by Crippen LogP contribution is -2.61. The van der Waals surface area contributed by atoms with Gasteiger partial charge < -0.3 is 14.7 Å². The van der Waals surface area contributed by atoms with Crippen molar-refractivity contribution in [1.82, 2.24) is 0 Å². The third kappa shape index (κ3) is 8.37. The van der Waals surface area contributed by atoms with Crippen LogP contribution in [0.4, 0.5) is 51.2 Å². The summed E-state index contributed by atoms with van der Waals surface area (Å²) in [7, 11) is 0. The van der Waals surface area contributed by atoms with Crippen LogP contribution in [0.25, 0.3) is 20.2 Å². The molecule has 11 rings (SSSR count). The molecule has 0 saturated heterocycles. The molecular weight excluding hydrogens is 902 g/mol. The van der Waals surface area contributed by atoms with Gasteiger partial charge in [-0.3, -0.25) is 0 Å². The highest BCUT2D eigenvalue weighted by atomic mass is 32.1. The molecule has 0 amide bonds. The Morgan fingerprint density at radius 1 is 0.397 bits per heavy atom. The Morgan fingerprint density at radius 2 is 0.836 bits per heavy atom. The smallest absolute Gasteiger partial charge is 0.252 e. The van der Waals surface area contributed by atoms with Gasteiger partial charge in [0.1, 0.15) is 0 Å². The summed E-state index contributed by atoms with van der Waals surface area (Å²) in [6.45, 7) is 34.6. The summed E-state index contributed by atoms with van der Waals surface area (Å²) in [4.78, 5) is 7.73. The van der Waals surface area contributed by atoms with Gasteiger partial charge in [0.15, 0.2) is 0 Å². The average Bonchev–Trinajstić information content (AvgIpc) is 3.73. The number of hydrogen-bond donors (Lipinski definition) is 0.